The minimum atomic E-state index is -0.492. The standard InChI is InChI=1S/C17H26N2O4/c1-5-21-14-9-6-10-18-15(14)22-13-8-7-11-19(12-13)16(20)23-17(2,3)4/h6,9-10,13H,5,7-8,11-12H2,1-4H3. The van der Waals surface area contributed by atoms with Crippen molar-refractivity contribution < 1.29 is 19.0 Å². The molecule has 1 fully saturated rings. The number of hydrogen-bond acceptors (Lipinski definition) is 5. The highest BCUT2D eigenvalue weighted by Crippen LogP contribution is 2.27. The third-order valence-corrected chi connectivity index (χ3v) is 3.34. The molecular weight excluding hydrogens is 296 g/mol. The first-order chi connectivity index (χ1) is 10.9. The molecule has 6 nitrogen and oxygen atoms in total. The van der Waals surface area contributed by atoms with Gasteiger partial charge < -0.3 is 19.1 Å². The zero-order valence-electron chi connectivity index (χ0n) is 14.4. The number of aromatic nitrogens is 1. The van der Waals surface area contributed by atoms with Gasteiger partial charge >= 0.3 is 6.09 Å². The van der Waals surface area contributed by atoms with E-state index in [1.807, 2.05) is 39.8 Å². The van der Waals surface area contributed by atoms with Gasteiger partial charge in [0.25, 0.3) is 5.88 Å². The van der Waals surface area contributed by atoms with E-state index in [1.54, 1.807) is 11.1 Å². The summed E-state index contributed by atoms with van der Waals surface area (Å²) >= 11 is 0. The number of amides is 1. The quantitative estimate of drug-likeness (QED) is 0.851. The fourth-order valence-electron chi connectivity index (χ4n) is 2.41. The van der Waals surface area contributed by atoms with Gasteiger partial charge in [-0.2, -0.15) is 0 Å². The Balaban J connectivity index is 1.98. The second-order valence-electron chi connectivity index (χ2n) is 6.55. The summed E-state index contributed by atoms with van der Waals surface area (Å²) in [5, 5.41) is 0. The minimum absolute atomic E-state index is 0.106. The number of pyridine rings is 1. The van der Waals surface area contributed by atoms with E-state index >= 15 is 0 Å². The van der Waals surface area contributed by atoms with Crippen molar-refractivity contribution in [3.63, 3.8) is 0 Å². The van der Waals surface area contributed by atoms with Crippen LogP contribution in [-0.4, -0.2) is 47.4 Å². The smallest absolute Gasteiger partial charge is 0.410 e. The molecule has 23 heavy (non-hydrogen) atoms. The van der Waals surface area contributed by atoms with Crippen LogP contribution in [-0.2, 0) is 4.74 Å². The average Bonchev–Trinajstić information content (AvgIpc) is 2.48. The molecule has 2 heterocycles. The zero-order chi connectivity index (χ0) is 16.9. The topological polar surface area (TPSA) is 60.9 Å². The molecule has 0 aromatic carbocycles. The molecule has 6 heteroatoms. The maximum absolute atomic E-state index is 12.2. The van der Waals surface area contributed by atoms with Crippen molar-refractivity contribution in [1.29, 1.82) is 0 Å². The van der Waals surface area contributed by atoms with E-state index in [2.05, 4.69) is 4.98 Å². The van der Waals surface area contributed by atoms with Crippen LogP contribution < -0.4 is 9.47 Å². The highest BCUT2D eigenvalue weighted by atomic mass is 16.6. The molecule has 1 saturated heterocycles. The Hall–Kier alpha value is -1.98. The van der Waals surface area contributed by atoms with Gasteiger partial charge in [-0.05, 0) is 52.7 Å². The molecule has 0 N–H and O–H groups in total. The van der Waals surface area contributed by atoms with Gasteiger partial charge in [0.2, 0.25) is 0 Å². The molecule has 128 valence electrons. The summed E-state index contributed by atoms with van der Waals surface area (Å²) in [6.45, 7) is 9.26. The molecule has 0 spiro atoms. The van der Waals surface area contributed by atoms with Crippen molar-refractivity contribution in [1.82, 2.24) is 9.88 Å². The molecule has 1 aromatic heterocycles. The predicted molar refractivity (Wildman–Crippen MR) is 86.9 cm³/mol. The van der Waals surface area contributed by atoms with E-state index in [0.29, 0.717) is 31.3 Å². The number of ether oxygens (including phenoxy) is 3. The highest BCUT2D eigenvalue weighted by molar-refractivity contribution is 5.68. The Kier molecular flexibility index (Phi) is 5.69. The summed E-state index contributed by atoms with van der Waals surface area (Å²) in [6.07, 6.45) is 3.02. The van der Waals surface area contributed by atoms with E-state index in [0.717, 1.165) is 12.8 Å². The summed E-state index contributed by atoms with van der Waals surface area (Å²) in [5.74, 6) is 1.11. The molecule has 0 bridgehead atoms. The van der Waals surface area contributed by atoms with Crippen LogP contribution in [0.15, 0.2) is 18.3 Å². The van der Waals surface area contributed by atoms with Crippen molar-refractivity contribution in [2.24, 2.45) is 0 Å². The lowest BCUT2D eigenvalue weighted by atomic mass is 10.1. The lowest BCUT2D eigenvalue weighted by molar-refractivity contribution is 0.00688. The Bertz CT molecular complexity index is 528. The zero-order valence-corrected chi connectivity index (χ0v) is 14.4. The first-order valence-corrected chi connectivity index (χ1v) is 8.11. The van der Waals surface area contributed by atoms with E-state index in [-0.39, 0.29) is 12.2 Å². The van der Waals surface area contributed by atoms with Crippen LogP contribution in [0.2, 0.25) is 0 Å². The molecule has 0 saturated carbocycles. The third kappa shape index (κ3) is 5.30. The maximum Gasteiger partial charge on any atom is 0.410 e. The molecule has 1 aliphatic rings. The normalized spacial score (nSPS) is 18.4. The van der Waals surface area contributed by atoms with Gasteiger partial charge in [-0.3, -0.25) is 0 Å². The summed E-state index contributed by atoms with van der Waals surface area (Å²) in [7, 11) is 0. The van der Waals surface area contributed by atoms with Crippen molar-refractivity contribution >= 4 is 6.09 Å². The van der Waals surface area contributed by atoms with Crippen molar-refractivity contribution in [2.45, 2.75) is 52.2 Å². The fraction of sp³-hybridized carbons (Fsp3) is 0.647. The lowest BCUT2D eigenvalue weighted by Crippen LogP contribution is -2.46. The fourth-order valence-corrected chi connectivity index (χ4v) is 2.41. The predicted octanol–water partition coefficient (Wildman–Crippen LogP) is 3.26. The number of hydrogen-bond donors (Lipinski definition) is 0. The number of carbonyl (C=O) groups excluding carboxylic acids is 1. The van der Waals surface area contributed by atoms with Crippen LogP contribution in [0.1, 0.15) is 40.5 Å². The van der Waals surface area contributed by atoms with Gasteiger partial charge in [0, 0.05) is 12.7 Å². The van der Waals surface area contributed by atoms with E-state index < -0.39 is 5.60 Å². The Labute approximate surface area is 137 Å². The third-order valence-electron chi connectivity index (χ3n) is 3.34. The summed E-state index contributed by atoms with van der Waals surface area (Å²) in [5.41, 5.74) is -0.492. The molecule has 0 radical (unpaired) electrons. The molecule has 1 atom stereocenters. The highest BCUT2D eigenvalue weighted by Gasteiger charge is 2.29. The van der Waals surface area contributed by atoms with Gasteiger partial charge in [0.1, 0.15) is 11.7 Å². The Morgan fingerprint density at radius 1 is 1.43 bits per heavy atom. The van der Waals surface area contributed by atoms with Crippen LogP contribution in [0.25, 0.3) is 0 Å². The van der Waals surface area contributed by atoms with Crippen LogP contribution in [0.4, 0.5) is 4.79 Å². The molecule has 0 aliphatic carbocycles. The number of rotatable bonds is 4. The van der Waals surface area contributed by atoms with E-state index in [9.17, 15) is 4.79 Å². The molecule has 1 aromatic rings. The maximum atomic E-state index is 12.2. The second kappa shape index (κ2) is 7.53. The first-order valence-electron chi connectivity index (χ1n) is 8.11. The molecular formula is C17H26N2O4. The van der Waals surface area contributed by atoms with Gasteiger partial charge in [-0.1, -0.05) is 0 Å². The number of carbonyl (C=O) groups is 1. The Morgan fingerprint density at radius 2 is 2.22 bits per heavy atom. The average molecular weight is 322 g/mol. The van der Waals surface area contributed by atoms with Crippen LogP contribution >= 0.6 is 0 Å². The van der Waals surface area contributed by atoms with Gasteiger partial charge in [0.15, 0.2) is 5.75 Å². The van der Waals surface area contributed by atoms with Crippen molar-refractivity contribution in [3.05, 3.63) is 18.3 Å². The van der Waals surface area contributed by atoms with Gasteiger partial charge in [-0.15, -0.1) is 0 Å². The van der Waals surface area contributed by atoms with E-state index in [1.165, 1.54) is 0 Å². The summed E-state index contributed by atoms with van der Waals surface area (Å²) < 4.78 is 16.9. The second-order valence-corrected chi connectivity index (χ2v) is 6.55. The SMILES string of the molecule is CCOc1cccnc1OC1CCCN(C(=O)OC(C)(C)C)C1. The largest absolute Gasteiger partial charge is 0.488 e. The van der Waals surface area contributed by atoms with Crippen LogP contribution in [0.3, 0.4) is 0 Å². The number of likely N-dealkylation sites (tertiary alicyclic amines) is 1. The molecule has 1 amide bonds. The first kappa shape index (κ1) is 17.4. The molecule has 1 aliphatic heterocycles. The van der Waals surface area contributed by atoms with Gasteiger partial charge in [-0.25, -0.2) is 9.78 Å². The summed E-state index contributed by atoms with van der Waals surface area (Å²) in [4.78, 5) is 18.1. The molecule has 1 unspecified atom stereocenters. The lowest BCUT2D eigenvalue weighted by Gasteiger charge is -2.34. The van der Waals surface area contributed by atoms with E-state index in [4.69, 9.17) is 14.2 Å². The van der Waals surface area contributed by atoms with Crippen molar-refractivity contribution in [2.75, 3.05) is 19.7 Å². The van der Waals surface area contributed by atoms with Gasteiger partial charge in [0.05, 0.1) is 13.2 Å². The number of piperidine rings is 1. The van der Waals surface area contributed by atoms with Crippen molar-refractivity contribution in [3.8, 4) is 11.6 Å². The monoisotopic (exact) mass is 322 g/mol. The Morgan fingerprint density at radius 3 is 2.91 bits per heavy atom. The minimum Gasteiger partial charge on any atom is -0.488 e. The molecule has 2 rings (SSSR count). The number of nitrogens with zero attached hydrogens (tertiary/aromatic N) is 2. The summed E-state index contributed by atoms with van der Waals surface area (Å²) in [6, 6.07) is 3.64. The van der Waals surface area contributed by atoms with Crippen LogP contribution in [0.5, 0.6) is 11.6 Å². The van der Waals surface area contributed by atoms with Crippen LogP contribution in [0, 0.1) is 0 Å².